The Morgan fingerprint density at radius 1 is 0.278 bits per heavy atom. The Kier molecular flexibility index (Phi) is 69.6. The lowest BCUT2D eigenvalue weighted by Gasteiger charge is -2.21. The van der Waals surface area contributed by atoms with Crippen LogP contribution in [0.1, 0.15) is 413 Å². The van der Waals surface area contributed by atoms with Crippen molar-refractivity contribution in [3.63, 3.8) is 0 Å². The molecule has 0 amide bonds. The van der Waals surface area contributed by atoms with E-state index in [0.717, 1.165) is 95.8 Å². The SMILES string of the molecule is CCCCCCCCCCCCCCCCCCCCC(=O)OC[C@H](COP(=O)(O)OC[C@@H](O)COP(=O)(O)OC[C@@H](COC(=O)CCCCCCCCCCC)OC(=O)CCCCCCCCCCC)OC(=O)CCCCCCCCCCCCCCCCCCCCC(C)C. The van der Waals surface area contributed by atoms with Crippen molar-refractivity contribution in [3.8, 4) is 0 Å². The monoisotopic (exact) mass is 1420 g/mol. The summed E-state index contributed by atoms with van der Waals surface area (Å²) in [4.78, 5) is 72.7. The number of hydrogen-bond acceptors (Lipinski definition) is 15. The van der Waals surface area contributed by atoms with Gasteiger partial charge >= 0.3 is 39.5 Å². The number of aliphatic hydroxyl groups is 1. The van der Waals surface area contributed by atoms with Crippen LogP contribution in [0.15, 0.2) is 0 Å². The normalized spacial score (nSPS) is 13.9. The largest absolute Gasteiger partial charge is 0.472 e. The highest BCUT2D eigenvalue weighted by Gasteiger charge is 2.30. The van der Waals surface area contributed by atoms with E-state index in [1.54, 1.807) is 0 Å². The van der Waals surface area contributed by atoms with Crippen molar-refractivity contribution in [1.82, 2.24) is 0 Å². The molecule has 19 heteroatoms. The molecule has 0 spiro atoms. The Labute approximate surface area is 594 Å². The topological polar surface area (TPSA) is 237 Å². The number of phosphoric ester groups is 2. The number of carbonyl (C=O) groups excluding carboxylic acids is 4. The first-order valence-electron chi connectivity index (χ1n) is 40.6. The van der Waals surface area contributed by atoms with Crippen LogP contribution in [-0.2, 0) is 65.4 Å². The third kappa shape index (κ3) is 72.2. The third-order valence-electron chi connectivity index (χ3n) is 18.3. The second-order valence-electron chi connectivity index (χ2n) is 28.6. The van der Waals surface area contributed by atoms with Crippen molar-refractivity contribution < 1.29 is 80.2 Å². The van der Waals surface area contributed by atoms with Crippen molar-refractivity contribution in [2.45, 2.75) is 432 Å². The first kappa shape index (κ1) is 95.1. The predicted octanol–water partition coefficient (Wildman–Crippen LogP) is 23.3. The Bertz CT molecular complexity index is 1860. The lowest BCUT2D eigenvalue weighted by atomic mass is 10.0. The van der Waals surface area contributed by atoms with E-state index >= 15 is 0 Å². The number of unbranched alkanes of at least 4 members (excludes halogenated alkanes) is 50. The first-order valence-corrected chi connectivity index (χ1v) is 43.6. The summed E-state index contributed by atoms with van der Waals surface area (Å²) in [5.41, 5.74) is 0. The lowest BCUT2D eigenvalue weighted by Crippen LogP contribution is -2.30. The van der Waals surface area contributed by atoms with Crippen molar-refractivity contribution in [2.75, 3.05) is 39.6 Å². The van der Waals surface area contributed by atoms with E-state index in [4.69, 9.17) is 37.0 Å². The van der Waals surface area contributed by atoms with Crippen molar-refractivity contribution in [2.24, 2.45) is 5.92 Å². The number of hydrogen-bond donors (Lipinski definition) is 3. The second kappa shape index (κ2) is 71.1. The van der Waals surface area contributed by atoms with Crippen LogP contribution in [0.3, 0.4) is 0 Å². The van der Waals surface area contributed by atoms with E-state index in [9.17, 15) is 43.2 Å². The van der Waals surface area contributed by atoms with Gasteiger partial charge < -0.3 is 33.8 Å². The molecule has 0 aromatic heterocycles. The number of rotatable bonds is 78. The van der Waals surface area contributed by atoms with Crippen LogP contribution < -0.4 is 0 Å². The Balaban J connectivity index is 5.16. The molecule has 3 N–H and O–H groups in total. The van der Waals surface area contributed by atoms with E-state index in [-0.39, 0.29) is 25.7 Å². The van der Waals surface area contributed by atoms with Gasteiger partial charge in [-0.2, -0.15) is 0 Å². The zero-order chi connectivity index (χ0) is 71.2. The van der Waals surface area contributed by atoms with E-state index in [0.29, 0.717) is 25.7 Å². The van der Waals surface area contributed by atoms with Crippen LogP contribution in [0.5, 0.6) is 0 Å². The van der Waals surface area contributed by atoms with Gasteiger partial charge in [0.15, 0.2) is 12.2 Å². The quantitative estimate of drug-likeness (QED) is 0.0222. The summed E-state index contributed by atoms with van der Waals surface area (Å²) in [5.74, 6) is -1.29. The number of esters is 4. The van der Waals surface area contributed by atoms with Crippen LogP contribution in [-0.4, -0.2) is 96.7 Å². The van der Waals surface area contributed by atoms with Crippen molar-refractivity contribution in [1.29, 1.82) is 0 Å². The standard InChI is InChI=1S/C78H152O17P2/c1-6-9-12-15-18-21-22-23-24-25-29-32-35-38-43-47-52-57-62-76(81)89-68-74(95-78(83)64-59-54-49-44-39-36-33-30-27-26-28-31-34-37-42-45-50-55-60-71(4)5)70-93-97(86,87)91-66-72(79)65-90-96(84,85)92-69-73(94-77(82)63-58-53-48-41-20-17-14-11-8-3)67-88-75(80)61-56-51-46-40-19-16-13-10-7-2/h71-74,79H,6-70H2,1-5H3,(H,84,85)(H,86,87)/t72-,73+,74+/m0/s1. The molecule has 0 heterocycles. The maximum absolute atomic E-state index is 13.1. The summed E-state index contributed by atoms with van der Waals surface area (Å²) >= 11 is 0. The van der Waals surface area contributed by atoms with Crippen LogP contribution in [0, 0.1) is 5.92 Å². The van der Waals surface area contributed by atoms with Gasteiger partial charge in [-0.05, 0) is 31.6 Å². The van der Waals surface area contributed by atoms with Crippen LogP contribution in [0.4, 0.5) is 0 Å². The molecule has 0 aliphatic carbocycles. The van der Waals surface area contributed by atoms with E-state index in [1.807, 2.05) is 0 Å². The smallest absolute Gasteiger partial charge is 0.462 e. The number of carbonyl (C=O) groups is 4. The van der Waals surface area contributed by atoms with E-state index in [2.05, 4.69) is 34.6 Å². The molecule has 0 aliphatic heterocycles. The maximum atomic E-state index is 13.1. The molecule has 0 fully saturated rings. The van der Waals surface area contributed by atoms with Gasteiger partial charge in [-0.15, -0.1) is 0 Å². The van der Waals surface area contributed by atoms with Crippen LogP contribution in [0.2, 0.25) is 0 Å². The van der Waals surface area contributed by atoms with Gasteiger partial charge in [0.05, 0.1) is 26.4 Å². The molecule has 2 unspecified atom stereocenters. The highest BCUT2D eigenvalue weighted by Crippen LogP contribution is 2.45. The minimum atomic E-state index is -4.96. The molecule has 17 nitrogen and oxygen atoms in total. The highest BCUT2D eigenvalue weighted by molar-refractivity contribution is 7.47. The zero-order valence-corrected chi connectivity index (χ0v) is 65.0. The molecule has 0 bridgehead atoms. The molecule has 0 aliphatic rings. The molecule has 0 radical (unpaired) electrons. The maximum Gasteiger partial charge on any atom is 0.472 e. The van der Waals surface area contributed by atoms with Gasteiger partial charge in [-0.25, -0.2) is 9.13 Å². The first-order chi connectivity index (χ1) is 47.0. The number of aliphatic hydroxyl groups excluding tert-OH is 1. The summed E-state index contributed by atoms with van der Waals surface area (Å²) in [5, 5.41) is 10.6. The summed E-state index contributed by atoms with van der Waals surface area (Å²) in [6.45, 7) is 7.31. The lowest BCUT2D eigenvalue weighted by molar-refractivity contribution is -0.161. The molecule has 576 valence electrons. The summed E-state index contributed by atoms with van der Waals surface area (Å²) < 4.78 is 68.5. The van der Waals surface area contributed by atoms with Gasteiger partial charge in [0.2, 0.25) is 0 Å². The molecule has 97 heavy (non-hydrogen) atoms. The number of phosphoric acid groups is 2. The fourth-order valence-electron chi connectivity index (χ4n) is 12.1. The molecular weight excluding hydrogens is 1270 g/mol. The molecular formula is C78H152O17P2. The average molecular weight is 1420 g/mol. The van der Waals surface area contributed by atoms with Crippen LogP contribution >= 0.6 is 15.6 Å². The van der Waals surface area contributed by atoms with E-state index in [1.165, 1.54) is 238 Å². The van der Waals surface area contributed by atoms with Gasteiger partial charge in [0, 0.05) is 25.7 Å². The van der Waals surface area contributed by atoms with Crippen molar-refractivity contribution >= 4 is 39.5 Å². The number of ether oxygens (including phenoxy) is 4. The Hall–Kier alpha value is -1.94. The highest BCUT2D eigenvalue weighted by atomic mass is 31.2. The molecule has 0 saturated carbocycles. The second-order valence-corrected chi connectivity index (χ2v) is 31.5. The van der Waals surface area contributed by atoms with Gasteiger partial charge in [-0.3, -0.25) is 37.3 Å². The third-order valence-corrected chi connectivity index (χ3v) is 20.2. The van der Waals surface area contributed by atoms with E-state index < -0.39 is 97.5 Å². The Morgan fingerprint density at radius 3 is 0.701 bits per heavy atom. The molecule has 0 aromatic carbocycles. The van der Waals surface area contributed by atoms with Crippen LogP contribution in [0.25, 0.3) is 0 Å². The van der Waals surface area contributed by atoms with Gasteiger partial charge in [0.25, 0.3) is 0 Å². The molecule has 0 aromatic rings. The molecule has 5 atom stereocenters. The molecule has 0 rings (SSSR count). The van der Waals surface area contributed by atoms with Crippen molar-refractivity contribution in [3.05, 3.63) is 0 Å². The summed E-state index contributed by atoms with van der Waals surface area (Å²) in [7, 11) is -9.91. The molecule has 0 saturated heterocycles. The average Bonchev–Trinajstić information content (AvgIpc) is 1.16. The van der Waals surface area contributed by atoms with Gasteiger partial charge in [0.1, 0.15) is 19.3 Å². The fourth-order valence-corrected chi connectivity index (χ4v) is 13.6. The minimum Gasteiger partial charge on any atom is -0.462 e. The fraction of sp³-hybridized carbons (Fsp3) is 0.949. The zero-order valence-electron chi connectivity index (χ0n) is 63.2. The Morgan fingerprint density at radius 2 is 0.474 bits per heavy atom. The summed E-state index contributed by atoms with van der Waals surface area (Å²) in [6.07, 6.45) is 61.2. The predicted molar refractivity (Wildman–Crippen MR) is 395 cm³/mol. The van der Waals surface area contributed by atoms with Gasteiger partial charge in [-0.1, -0.05) is 362 Å². The summed E-state index contributed by atoms with van der Waals surface area (Å²) in [6, 6.07) is 0. The minimum absolute atomic E-state index is 0.106.